The van der Waals surface area contributed by atoms with E-state index in [-0.39, 0.29) is 11.7 Å². The zero-order valence-electron chi connectivity index (χ0n) is 11.8. The molecule has 1 saturated carbocycles. The molecule has 0 radical (unpaired) electrons. The molecule has 3 nitrogen and oxygen atoms in total. The lowest BCUT2D eigenvalue weighted by Crippen LogP contribution is -2.41. The fourth-order valence-corrected chi connectivity index (χ4v) is 2.95. The zero-order chi connectivity index (χ0) is 13.9. The highest BCUT2D eigenvalue weighted by Crippen LogP contribution is 2.35. The van der Waals surface area contributed by atoms with Gasteiger partial charge in [-0.25, -0.2) is 0 Å². The second-order valence-electron chi connectivity index (χ2n) is 6.37. The number of amides is 1. The Labute approximate surface area is 115 Å². The number of carbonyl (C=O) groups is 1. The van der Waals surface area contributed by atoms with Crippen molar-refractivity contribution in [2.75, 3.05) is 0 Å². The molecule has 1 aromatic rings. The minimum atomic E-state index is 0.0494. The molecule has 2 N–H and O–H groups in total. The molecule has 19 heavy (non-hydrogen) atoms. The molecule has 3 heteroatoms. The first-order valence-corrected chi connectivity index (χ1v) is 7.02. The molecule has 0 bridgehead atoms. The number of rotatable bonds is 3. The Morgan fingerprint density at radius 3 is 2.95 bits per heavy atom. The summed E-state index contributed by atoms with van der Waals surface area (Å²) in [6.45, 7) is 4.53. The molecule has 1 atom stereocenters. The van der Waals surface area contributed by atoms with Gasteiger partial charge in [-0.05, 0) is 42.4 Å². The second kappa shape index (κ2) is 5.64. The van der Waals surface area contributed by atoms with Gasteiger partial charge in [0, 0.05) is 6.04 Å². The highest BCUT2D eigenvalue weighted by Gasteiger charge is 2.28. The highest BCUT2D eigenvalue weighted by molar-refractivity contribution is 5.79. The molecular formula is C16H23NO2. The summed E-state index contributed by atoms with van der Waals surface area (Å²) in [5, 5.41) is 12.5. The van der Waals surface area contributed by atoms with Crippen LogP contribution in [-0.4, -0.2) is 17.1 Å². The average Bonchev–Trinajstić information content (AvgIpc) is 2.27. The van der Waals surface area contributed by atoms with Gasteiger partial charge in [0.1, 0.15) is 5.75 Å². The average molecular weight is 261 g/mol. The minimum absolute atomic E-state index is 0.0494. The van der Waals surface area contributed by atoms with Gasteiger partial charge in [0.05, 0.1) is 6.42 Å². The topological polar surface area (TPSA) is 49.3 Å². The first-order chi connectivity index (χ1) is 8.94. The van der Waals surface area contributed by atoms with Crippen LogP contribution in [0.15, 0.2) is 24.3 Å². The lowest BCUT2D eigenvalue weighted by molar-refractivity contribution is -0.121. The maximum atomic E-state index is 12.0. The smallest absolute Gasteiger partial charge is 0.224 e. The second-order valence-corrected chi connectivity index (χ2v) is 6.37. The summed E-state index contributed by atoms with van der Waals surface area (Å²) in [7, 11) is 0. The predicted octanol–water partition coefficient (Wildman–Crippen LogP) is 3.02. The largest absolute Gasteiger partial charge is 0.508 e. The van der Waals surface area contributed by atoms with Crippen LogP contribution in [0.1, 0.15) is 45.1 Å². The van der Waals surface area contributed by atoms with Crippen LogP contribution >= 0.6 is 0 Å². The van der Waals surface area contributed by atoms with Gasteiger partial charge in [-0.1, -0.05) is 32.4 Å². The van der Waals surface area contributed by atoms with Crippen LogP contribution < -0.4 is 5.32 Å². The minimum Gasteiger partial charge on any atom is -0.508 e. The van der Waals surface area contributed by atoms with Crippen molar-refractivity contribution in [2.24, 2.45) is 5.41 Å². The molecule has 1 unspecified atom stereocenters. The number of nitrogens with one attached hydrogen (secondary N) is 1. The third-order valence-corrected chi connectivity index (χ3v) is 3.85. The first-order valence-electron chi connectivity index (χ1n) is 7.02. The van der Waals surface area contributed by atoms with E-state index in [1.54, 1.807) is 18.2 Å². The summed E-state index contributed by atoms with van der Waals surface area (Å²) >= 11 is 0. The molecule has 0 saturated heterocycles. The normalized spacial score (nSPS) is 21.9. The SMILES string of the molecule is CC1(C)CCCC(NC(=O)Cc2cccc(O)c2)C1. The summed E-state index contributed by atoms with van der Waals surface area (Å²) in [4.78, 5) is 12.0. The highest BCUT2D eigenvalue weighted by atomic mass is 16.3. The number of hydrogen-bond donors (Lipinski definition) is 2. The van der Waals surface area contributed by atoms with E-state index in [9.17, 15) is 9.90 Å². The summed E-state index contributed by atoms with van der Waals surface area (Å²) in [5.74, 6) is 0.261. The van der Waals surface area contributed by atoms with Crippen LogP contribution in [0.5, 0.6) is 5.75 Å². The zero-order valence-corrected chi connectivity index (χ0v) is 11.8. The number of aromatic hydroxyl groups is 1. The number of carbonyl (C=O) groups excluding carboxylic acids is 1. The van der Waals surface area contributed by atoms with Crippen LogP contribution in [0.4, 0.5) is 0 Å². The Kier molecular flexibility index (Phi) is 4.13. The van der Waals surface area contributed by atoms with E-state index in [1.807, 2.05) is 6.07 Å². The monoisotopic (exact) mass is 261 g/mol. The Balaban J connectivity index is 1.87. The summed E-state index contributed by atoms with van der Waals surface area (Å²) in [6.07, 6.45) is 4.90. The number of hydrogen-bond acceptors (Lipinski definition) is 2. The Bertz CT molecular complexity index is 454. The molecule has 1 aromatic carbocycles. The van der Waals surface area contributed by atoms with Crippen molar-refractivity contribution < 1.29 is 9.90 Å². The van der Waals surface area contributed by atoms with Crippen molar-refractivity contribution in [3.8, 4) is 5.75 Å². The predicted molar refractivity (Wildman–Crippen MR) is 76.0 cm³/mol. The Morgan fingerprint density at radius 2 is 2.26 bits per heavy atom. The molecule has 0 heterocycles. The van der Waals surface area contributed by atoms with Gasteiger partial charge in [0.25, 0.3) is 0 Å². The van der Waals surface area contributed by atoms with E-state index in [0.717, 1.165) is 18.4 Å². The fraction of sp³-hybridized carbons (Fsp3) is 0.562. The van der Waals surface area contributed by atoms with Crippen LogP contribution in [0.2, 0.25) is 0 Å². The van der Waals surface area contributed by atoms with Gasteiger partial charge >= 0.3 is 0 Å². The van der Waals surface area contributed by atoms with E-state index >= 15 is 0 Å². The van der Waals surface area contributed by atoms with E-state index in [2.05, 4.69) is 19.2 Å². The lowest BCUT2D eigenvalue weighted by Gasteiger charge is -2.35. The molecule has 1 aliphatic rings. The lowest BCUT2D eigenvalue weighted by atomic mass is 9.75. The van der Waals surface area contributed by atoms with E-state index in [1.165, 1.54) is 12.8 Å². The van der Waals surface area contributed by atoms with Crippen LogP contribution in [0, 0.1) is 5.41 Å². The Morgan fingerprint density at radius 1 is 1.47 bits per heavy atom. The number of phenolic OH excluding ortho intramolecular Hbond substituents is 1. The first kappa shape index (κ1) is 13.9. The summed E-state index contributed by atoms with van der Waals surface area (Å²) in [5.41, 5.74) is 1.19. The third-order valence-electron chi connectivity index (χ3n) is 3.85. The quantitative estimate of drug-likeness (QED) is 0.878. The van der Waals surface area contributed by atoms with Crippen LogP contribution in [0.25, 0.3) is 0 Å². The summed E-state index contributed by atoms with van der Waals surface area (Å²) in [6, 6.07) is 7.19. The molecule has 0 spiro atoms. The number of phenols is 1. The molecule has 1 fully saturated rings. The van der Waals surface area contributed by atoms with E-state index in [0.29, 0.717) is 17.9 Å². The molecule has 0 aliphatic heterocycles. The van der Waals surface area contributed by atoms with Crippen molar-refractivity contribution >= 4 is 5.91 Å². The maximum Gasteiger partial charge on any atom is 0.224 e. The van der Waals surface area contributed by atoms with Gasteiger partial charge in [-0.2, -0.15) is 0 Å². The Hall–Kier alpha value is -1.51. The van der Waals surface area contributed by atoms with Crippen molar-refractivity contribution in [3.05, 3.63) is 29.8 Å². The molecule has 0 aromatic heterocycles. The van der Waals surface area contributed by atoms with Crippen molar-refractivity contribution in [3.63, 3.8) is 0 Å². The third kappa shape index (κ3) is 4.27. The summed E-state index contributed by atoms with van der Waals surface area (Å²) < 4.78 is 0. The van der Waals surface area contributed by atoms with E-state index in [4.69, 9.17) is 0 Å². The van der Waals surface area contributed by atoms with E-state index < -0.39 is 0 Å². The fourth-order valence-electron chi connectivity index (χ4n) is 2.95. The molecular weight excluding hydrogens is 238 g/mol. The molecule has 1 aliphatic carbocycles. The van der Waals surface area contributed by atoms with Gasteiger partial charge in [-0.3, -0.25) is 4.79 Å². The van der Waals surface area contributed by atoms with Crippen molar-refractivity contribution in [1.82, 2.24) is 5.32 Å². The van der Waals surface area contributed by atoms with Gasteiger partial charge in [-0.15, -0.1) is 0 Å². The standard InChI is InChI=1S/C16H23NO2/c1-16(2)8-4-6-13(11-16)17-15(19)10-12-5-3-7-14(18)9-12/h3,5,7,9,13,18H,4,6,8,10-11H2,1-2H3,(H,17,19). The number of benzene rings is 1. The molecule has 2 rings (SSSR count). The van der Waals surface area contributed by atoms with Gasteiger partial charge in [0.15, 0.2) is 0 Å². The van der Waals surface area contributed by atoms with Gasteiger partial charge in [0.2, 0.25) is 5.91 Å². The van der Waals surface area contributed by atoms with Crippen molar-refractivity contribution in [2.45, 2.75) is 52.0 Å². The van der Waals surface area contributed by atoms with Gasteiger partial charge < -0.3 is 10.4 Å². The van der Waals surface area contributed by atoms with Crippen LogP contribution in [0.3, 0.4) is 0 Å². The molecule has 1 amide bonds. The maximum absolute atomic E-state index is 12.0. The molecule has 104 valence electrons. The van der Waals surface area contributed by atoms with Crippen LogP contribution in [-0.2, 0) is 11.2 Å². The van der Waals surface area contributed by atoms with Crippen molar-refractivity contribution in [1.29, 1.82) is 0 Å².